The van der Waals surface area contributed by atoms with E-state index in [1.165, 1.54) is 89.9 Å². The lowest BCUT2D eigenvalue weighted by atomic mass is 9.71. The van der Waals surface area contributed by atoms with Crippen molar-refractivity contribution in [1.29, 1.82) is 0 Å². The van der Waals surface area contributed by atoms with Crippen LogP contribution < -0.4 is 0 Å². The summed E-state index contributed by atoms with van der Waals surface area (Å²) in [5, 5.41) is 0. The van der Waals surface area contributed by atoms with Crippen molar-refractivity contribution in [3.8, 4) is 0 Å². The molecule has 19 heavy (non-hydrogen) atoms. The Hall–Kier alpha value is 0. The van der Waals surface area contributed by atoms with Gasteiger partial charge in [0.25, 0.3) is 0 Å². The van der Waals surface area contributed by atoms with Gasteiger partial charge in [0, 0.05) is 0 Å². The molecule has 0 heteroatoms. The number of rotatable bonds is 14. The molecule has 0 aliphatic carbocycles. The Kier molecular flexibility index (Phi) is 13.0. The summed E-state index contributed by atoms with van der Waals surface area (Å²) in [6.45, 7) is 9.36. The Morgan fingerprint density at radius 2 is 0.789 bits per heavy atom. The van der Waals surface area contributed by atoms with E-state index in [9.17, 15) is 0 Å². The maximum atomic E-state index is 2.35. The van der Waals surface area contributed by atoms with Gasteiger partial charge in [-0.05, 0) is 31.1 Å². The largest absolute Gasteiger partial charge is 0.0654 e. The molecule has 0 aromatic rings. The molecule has 0 spiro atoms. The van der Waals surface area contributed by atoms with Gasteiger partial charge in [0.2, 0.25) is 0 Å². The third-order valence-corrected chi connectivity index (χ3v) is 4.74. The Balaban J connectivity index is 4.38. The van der Waals surface area contributed by atoms with Crippen LogP contribution in [0.5, 0.6) is 0 Å². The lowest BCUT2D eigenvalue weighted by molar-refractivity contribution is 0.176. The zero-order valence-electron chi connectivity index (χ0n) is 14.4. The first-order chi connectivity index (χ1) is 9.24. The summed E-state index contributed by atoms with van der Waals surface area (Å²) in [5.41, 5.74) is 0.704. The first-order valence-electron chi connectivity index (χ1n) is 9.24. The molecule has 0 saturated carbocycles. The van der Waals surface area contributed by atoms with Gasteiger partial charge in [-0.15, -0.1) is 0 Å². The summed E-state index contributed by atoms with van der Waals surface area (Å²) in [6, 6.07) is 0. The van der Waals surface area contributed by atoms with Crippen molar-refractivity contribution in [2.75, 3.05) is 0 Å². The van der Waals surface area contributed by atoms with Gasteiger partial charge in [0.1, 0.15) is 0 Å². The third-order valence-electron chi connectivity index (χ3n) is 4.74. The summed E-state index contributed by atoms with van der Waals surface area (Å²) >= 11 is 0. The highest BCUT2D eigenvalue weighted by atomic mass is 14.3. The molecule has 0 fully saturated rings. The van der Waals surface area contributed by atoms with Crippen LogP contribution in [0.15, 0.2) is 0 Å². The predicted octanol–water partition coefficient (Wildman–Crippen LogP) is 7.51. The molecule has 0 aliphatic rings. The van der Waals surface area contributed by atoms with Gasteiger partial charge in [-0.3, -0.25) is 0 Å². The molecule has 0 nitrogen and oxygen atoms in total. The topological polar surface area (TPSA) is 0 Å². The molecule has 0 atom stereocenters. The molecule has 0 unspecified atom stereocenters. The maximum Gasteiger partial charge on any atom is -0.0297 e. The van der Waals surface area contributed by atoms with E-state index >= 15 is 0 Å². The third kappa shape index (κ3) is 9.52. The molecular formula is C19H40. The molecule has 0 aromatic carbocycles. The lowest BCUT2D eigenvalue weighted by Crippen LogP contribution is -2.21. The Morgan fingerprint density at radius 3 is 1.16 bits per heavy atom. The quantitative estimate of drug-likeness (QED) is 0.286. The second kappa shape index (κ2) is 13.0. The van der Waals surface area contributed by atoms with Crippen molar-refractivity contribution in [3.05, 3.63) is 0 Å². The van der Waals surface area contributed by atoms with Crippen molar-refractivity contribution in [3.63, 3.8) is 0 Å². The van der Waals surface area contributed by atoms with Gasteiger partial charge in [-0.25, -0.2) is 0 Å². The van der Waals surface area contributed by atoms with Crippen LogP contribution >= 0.6 is 0 Å². The molecule has 0 N–H and O–H groups in total. The number of unbranched alkanes of at least 4 members (excludes halogenated alkanes) is 6. The summed E-state index contributed by atoms with van der Waals surface area (Å²) in [5.74, 6) is 0. The van der Waals surface area contributed by atoms with Crippen LogP contribution in [0, 0.1) is 5.41 Å². The van der Waals surface area contributed by atoms with Crippen LogP contribution in [0.2, 0.25) is 0 Å². The summed E-state index contributed by atoms with van der Waals surface area (Å²) < 4.78 is 0. The van der Waals surface area contributed by atoms with Gasteiger partial charge in [-0.2, -0.15) is 0 Å². The van der Waals surface area contributed by atoms with Gasteiger partial charge in [-0.1, -0.05) is 91.9 Å². The zero-order valence-corrected chi connectivity index (χ0v) is 14.4. The standard InChI is InChI=1S/C19H40/c1-5-9-13-14-18-19(15-10-6-2,16-11-7-3)17-12-8-4/h5-18H2,1-4H3. The monoisotopic (exact) mass is 268 g/mol. The molecule has 0 rings (SSSR count). The van der Waals surface area contributed by atoms with Gasteiger partial charge in [0.15, 0.2) is 0 Å². The van der Waals surface area contributed by atoms with Crippen LogP contribution in [0.3, 0.4) is 0 Å². The fraction of sp³-hybridized carbons (Fsp3) is 1.00. The van der Waals surface area contributed by atoms with E-state index in [0.717, 1.165) is 0 Å². The summed E-state index contributed by atoms with van der Waals surface area (Å²) in [6.07, 6.45) is 20.2. The van der Waals surface area contributed by atoms with E-state index in [2.05, 4.69) is 27.7 Å². The molecule has 0 saturated heterocycles. The Labute approximate surface area is 123 Å². The fourth-order valence-electron chi connectivity index (χ4n) is 3.33. The SMILES string of the molecule is CCCCCCC(CCCC)(CCCC)CCCC. The van der Waals surface area contributed by atoms with E-state index in [1.807, 2.05) is 0 Å². The van der Waals surface area contributed by atoms with Gasteiger partial charge < -0.3 is 0 Å². The molecule has 0 radical (unpaired) electrons. The normalized spacial score (nSPS) is 12.0. The smallest absolute Gasteiger partial charge is 0.0297 e. The van der Waals surface area contributed by atoms with Crippen molar-refractivity contribution in [1.82, 2.24) is 0 Å². The molecule has 0 heterocycles. The maximum absolute atomic E-state index is 2.35. The average molecular weight is 269 g/mol. The van der Waals surface area contributed by atoms with Crippen molar-refractivity contribution in [2.45, 2.75) is 118 Å². The summed E-state index contributed by atoms with van der Waals surface area (Å²) in [4.78, 5) is 0. The number of hydrogen-bond donors (Lipinski definition) is 0. The van der Waals surface area contributed by atoms with Crippen molar-refractivity contribution >= 4 is 0 Å². The first-order valence-corrected chi connectivity index (χ1v) is 9.24. The van der Waals surface area contributed by atoms with Gasteiger partial charge in [0.05, 0.1) is 0 Å². The van der Waals surface area contributed by atoms with Crippen LogP contribution in [0.25, 0.3) is 0 Å². The lowest BCUT2D eigenvalue weighted by Gasteiger charge is -2.35. The average Bonchev–Trinajstić information content (AvgIpc) is 2.44. The van der Waals surface area contributed by atoms with Crippen LogP contribution in [0.1, 0.15) is 118 Å². The number of hydrogen-bond acceptors (Lipinski definition) is 0. The predicted molar refractivity (Wildman–Crippen MR) is 89.8 cm³/mol. The van der Waals surface area contributed by atoms with Crippen LogP contribution in [-0.2, 0) is 0 Å². The van der Waals surface area contributed by atoms with Crippen molar-refractivity contribution < 1.29 is 0 Å². The highest BCUT2D eigenvalue weighted by Gasteiger charge is 2.27. The first kappa shape index (κ1) is 19.0. The van der Waals surface area contributed by atoms with Gasteiger partial charge >= 0.3 is 0 Å². The second-order valence-corrected chi connectivity index (χ2v) is 6.62. The molecule has 0 amide bonds. The minimum Gasteiger partial charge on any atom is -0.0654 e. The fourth-order valence-corrected chi connectivity index (χ4v) is 3.33. The van der Waals surface area contributed by atoms with Crippen LogP contribution in [-0.4, -0.2) is 0 Å². The Bertz CT molecular complexity index is 149. The molecule has 116 valence electrons. The van der Waals surface area contributed by atoms with E-state index < -0.39 is 0 Å². The Morgan fingerprint density at radius 1 is 0.421 bits per heavy atom. The van der Waals surface area contributed by atoms with Crippen molar-refractivity contribution in [2.24, 2.45) is 5.41 Å². The minimum absolute atomic E-state index is 0.704. The van der Waals surface area contributed by atoms with E-state index in [-0.39, 0.29) is 0 Å². The molecule has 0 bridgehead atoms. The van der Waals surface area contributed by atoms with E-state index in [0.29, 0.717) is 5.41 Å². The molecule has 0 aliphatic heterocycles. The highest BCUT2D eigenvalue weighted by Crippen LogP contribution is 2.41. The molecular weight excluding hydrogens is 228 g/mol. The van der Waals surface area contributed by atoms with E-state index in [4.69, 9.17) is 0 Å². The summed E-state index contributed by atoms with van der Waals surface area (Å²) in [7, 11) is 0. The van der Waals surface area contributed by atoms with Crippen LogP contribution in [0.4, 0.5) is 0 Å². The zero-order chi connectivity index (χ0) is 14.4. The highest BCUT2D eigenvalue weighted by molar-refractivity contribution is 4.79. The minimum atomic E-state index is 0.704. The second-order valence-electron chi connectivity index (χ2n) is 6.62. The molecule has 0 aromatic heterocycles. The van der Waals surface area contributed by atoms with E-state index in [1.54, 1.807) is 0 Å².